The fourth-order valence-corrected chi connectivity index (χ4v) is 3.56. The van der Waals surface area contributed by atoms with Gasteiger partial charge in [0, 0.05) is 25.0 Å². The molecule has 1 saturated heterocycles. The molecule has 0 bridgehead atoms. The zero-order chi connectivity index (χ0) is 19.9. The first kappa shape index (κ1) is 20.2. The third-order valence-electron chi connectivity index (χ3n) is 4.58. The molecule has 0 spiro atoms. The lowest BCUT2D eigenvalue weighted by Crippen LogP contribution is -2.37. The van der Waals surface area contributed by atoms with Crippen LogP contribution in [-0.2, 0) is 14.3 Å². The van der Waals surface area contributed by atoms with Crippen molar-refractivity contribution in [2.45, 2.75) is 19.4 Å². The Bertz CT molecular complexity index is 837. The maximum atomic E-state index is 12.8. The summed E-state index contributed by atoms with van der Waals surface area (Å²) in [6.07, 6.45) is 0.0841. The second-order valence-electron chi connectivity index (χ2n) is 6.64. The smallest absolute Gasteiger partial charge is 0.226 e. The third kappa shape index (κ3) is 5.24. The standard InChI is InChI=1S/C21H24ClN3O3/c1-15(26)23-19(16-6-2-3-7-17(16)22)14-21(27)24-18-8-4-5-9-20(18)25-10-12-28-13-11-25/h2-9,19H,10-14H2,1H3,(H,23,26)(H,24,27)/t19-/m0/s1. The Hall–Kier alpha value is -2.57. The van der Waals surface area contributed by atoms with Crippen molar-refractivity contribution < 1.29 is 14.3 Å². The Morgan fingerprint density at radius 3 is 2.50 bits per heavy atom. The third-order valence-corrected chi connectivity index (χ3v) is 4.92. The monoisotopic (exact) mass is 401 g/mol. The summed E-state index contributed by atoms with van der Waals surface area (Å²) in [5.41, 5.74) is 2.43. The van der Waals surface area contributed by atoms with Crippen LogP contribution in [0.4, 0.5) is 11.4 Å². The van der Waals surface area contributed by atoms with Gasteiger partial charge in [-0.05, 0) is 23.8 Å². The lowest BCUT2D eigenvalue weighted by Gasteiger charge is -2.30. The molecule has 0 unspecified atom stereocenters. The number of rotatable bonds is 6. The van der Waals surface area contributed by atoms with Crippen LogP contribution in [0.2, 0.25) is 5.02 Å². The van der Waals surface area contributed by atoms with Crippen molar-refractivity contribution in [2.75, 3.05) is 36.5 Å². The maximum Gasteiger partial charge on any atom is 0.226 e. The first-order valence-electron chi connectivity index (χ1n) is 9.27. The number of nitrogens with one attached hydrogen (secondary N) is 2. The van der Waals surface area contributed by atoms with Crippen LogP contribution >= 0.6 is 11.6 Å². The van der Waals surface area contributed by atoms with Crippen molar-refractivity contribution in [3.8, 4) is 0 Å². The lowest BCUT2D eigenvalue weighted by molar-refractivity contribution is -0.120. The van der Waals surface area contributed by atoms with Gasteiger partial charge in [0.05, 0.1) is 37.1 Å². The number of anilines is 2. The lowest BCUT2D eigenvalue weighted by atomic mass is 10.0. The van der Waals surface area contributed by atoms with Crippen molar-refractivity contribution in [1.82, 2.24) is 5.32 Å². The molecule has 7 heteroatoms. The number of carbonyl (C=O) groups excluding carboxylic acids is 2. The van der Waals surface area contributed by atoms with Crippen molar-refractivity contribution in [3.05, 3.63) is 59.1 Å². The average molecular weight is 402 g/mol. The molecular weight excluding hydrogens is 378 g/mol. The van der Waals surface area contributed by atoms with E-state index in [-0.39, 0.29) is 18.2 Å². The Balaban J connectivity index is 1.75. The zero-order valence-electron chi connectivity index (χ0n) is 15.8. The summed E-state index contributed by atoms with van der Waals surface area (Å²) in [7, 11) is 0. The Kier molecular flexibility index (Phi) is 6.90. The number of carbonyl (C=O) groups is 2. The van der Waals surface area contributed by atoms with Gasteiger partial charge in [0.15, 0.2) is 0 Å². The van der Waals surface area contributed by atoms with Gasteiger partial charge in [-0.15, -0.1) is 0 Å². The minimum absolute atomic E-state index is 0.0841. The Morgan fingerprint density at radius 2 is 1.79 bits per heavy atom. The normalized spacial score (nSPS) is 15.0. The van der Waals surface area contributed by atoms with E-state index in [2.05, 4.69) is 15.5 Å². The van der Waals surface area contributed by atoms with Crippen LogP contribution in [-0.4, -0.2) is 38.1 Å². The van der Waals surface area contributed by atoms with Gasteiger partial charge in [0.25, 0.3) is 0 Å². The van der Waals surface area contributed by atoms with E-state index in [0.717, 1.165) is 30.0 Å². The molecule has 28 heavy (non-hydrogen) atoms. The minimum atomic E-state index is -0.498. The van der Waals surface area contributed by atoms with Crippen molar-refractivity contribution in [2.24, 2.45) is 0 Å². The molecule has 6 nitrogen and oxygen atoms in total. The minimum Gasteiger partial charge on any atom is -0.378 e. The summed E-state index contributed by atoms with van der Waals surface area (Å²) in [4.78, 5) is 26.6. The van der Waals surface area contributed by atoms with Crippen LogP contribution in [0.1, 0.15) is 24.9 Å². The predicted molar refractivity (Wildman–Crippen MR) is 111 cm³/mol. The number of ether oxygens (including phenoxy) is 1. The number of benzene rings is 2. The van der Waals surface area contributed by atoms with E-state index in [1.165, 1.54) is 6.92 Å². The summed E-state index contributed by atoms with van der Waals surface area (Å²) in [5.74, 6) is -0.411. The average Bonchev–Trinajstić information content (AvgIpc) is 2.68. The number of para-hydroxylation sites is 2. The van der Waals surface area contributed by atoms with E-state index in [1.54, 1.807) is 6.07 Å². The van der Waals surface area contributed by atoms with E-state index in [9.17, 15) is 9.59 Å². The highest BCUT2D eigenvalue weighted by atomic mass is 35.5. The molecule has 2 N–H and O–H groups in total. The van der Waals surface area contributed by atoms with Gasteiger partial charge < -0.3 is 20.3 Å². The molecular formula is C21H24ClN3O3. The largest absolute Gasteiger partial charge is 0.378 e. The zero-order valence-corrected chi connectivity index (χ0v) is 16.5. The molecule has 148 valence electrons. The quantitative estimate of drug-likeness (QED) is 0.778. The molecule has 2 aromatic carbocycles. The molecule has 1 atom stereocenters. The van der Waals surface area contributed by atoms with Crippen LogP contribution in [0.5, 0.6) is 0 Å². The van der Waals surface area contributed by atoms with E-state index < -0.39 is 6.04 Å². The SMILES string of the molecule is CC(=O)N[C@@H](CC(=O)Nc1ccccc1N1CCOCC1)c1ccccc1Cl. The van der Waals surface area contributed by atoms with Crippen LogP contribution in [0.3, 0.4) is 0 Å². The molecule has 2 amide bonds. The fraction of sp³-hybridized carbons (Fsp3) is 0.333. The van der Waals surface area contributed by atoms with Crippen LogP contribution in [0, 0.1) is 0 Å². The van der Waals surface area contributed by atoms with Crippen molar-refractivity contribution in [3.63, 3.8) is 0 Å². The number of hydrogen-bond acceptors (Lipinski definition) is 4. The number of nitrogens with zero attached hydrogens (tertiary/aromatic N) is 1. The van der Waals surface area contributed by atoms with Gasteiger partial charge in [0.2, 0.25) is 11.8 Å². The fourth-order valence-electron chi connectivity index (χ4n) is 3.29. The summed E-state index contributed by atoms with van der Waals surface area (Å²) in [6.45, 7) is 4.32. The van der Waals surface area contributed by atoms with E-state index in [1.807, 2.05) is 42.5 Å². The highest BCUT2D eigenvalue weighted by molar-refractivity contribution is 6.31. The molecule has 1 fully saturated rings. The van der Waals surface area contributed by atoms with Crippen LogP contribution in [0.25, 0.3) is 0 Å². The predicted octanol–water partition coefficient (Wildman–Crippen LogP) is 3.38. The van der Waals surface area contributed by atoms with Crippen molar-refractivity contribution >= 4 is 34.8 Å². The van der Waals surface area contributed by atoms with Gasteiger partial charge in [-0.3, -0.25) is 9.59 Å². The molecule has 0 aliphatic carbocycles. The molecule has 2 aromatic rings. The first-order chi connectivity index (χ1) is 13.5. The summed E-state index contributed by atoms with van der Waals surface area (Å²) >= 11 is 6.27. The highest BCUT2D eigenvalue weighted by Crippen LogP contribution is 2.29. The van der Waals surface area contributed by atoms with Crippen molar-refractivity contribution in [1.29, 1.82) is 0 Å². The maximum absolute atomic E-state index is 12.8. The Labute approximate surface area is 169 Å². The van der Waals surface area contributed by atoms with E-state index in [4.69, 9.17) is 16.3 Å². The summed E-state index contributed by atoms with van der Waals surface area (Å²) in [6, 6.07) is 14.4. The molecule has 1 aliphatic heterocycles. The highest BCUT2D eigenvalue weighted by Gasteiger charge is 2.21. The molecule has 1 aliphatic rings. The second-order valence-corrected chi connectivity index (χ2v) is 7.05. The Morgan fingerprint density at radius 1 is 1.11 bits per heavy atom. The topological polar surface area (TPSA) is 70.7 Å². The molecule has 0 radical (unpaired) electrons. The van der Waals surface area contributed by atoms with Gasteiger partial charge >= 0.3 is 0 Å². The van der Waals surface area contributed by atoms with E-state index in [0.29, 0.717) is 18.2 Å². The molecule has 0 saturated carbocycles. The number of amides is 2. The van der Waals surface area contributed by atoms with Gasteiger partial charge in [0.1, 0.15) is 0 Å². The molecule has 1 heterocycles. The number of halogens is 1. The number of hydrogen-bond donors (Lipinski definition) is 2. The molecule has 3 rings (SSSR count). The summed E-state index contributed by atoms with van der Waals surface area (Å²) < 4.78 is 5.41. The van der Waals surface area contributed by atoms with Gasteiger partial charge in [-0.2, -0.15) is 0 Å². The van der Waals surface area contributed by atoms with Crippen LogP contribution < -0.4 is 15.5 Å². The summed E-state index contributed by atoms with van der Waals surface area (Å²) in [5, 5.41) is 6.32. The van der Waals surface area contributed by atoms with E-state index >= 15 is 0 Å². The number of morpholine rings is 1. The van der Waals surface area contributed by atoms with Crippen LogP contribution in [0.15, 0.2) is 48.5 Å². The second kappa shape index (κ2) is 9.57. The van der Waals surface area contributed by atoms with Gasteiger partial charge in [-0.25, -0.2) is 0 Å². The molecule has 0 aromatic heterocycles. The first-order valence-corrected chi connectivity index (χ1v) is 9.65. The van der Waals surface area contributed by atoms with Gasteiger partial charge in [-0.1, -0.05) is 41.9 Å².